The van der Waals surface area contributed by atoms with Gasteiger partial charge in [0, 0.05) is 18.3 Å². The number of benzene rings is 1. The van der Waals surface area contributed by atoms with Gasteiger partial charge in [0.05, 0.1) is 0 Å². The van der Waals surface area contributed by atoms with Crippen molar-refractivity contribution in [2.75, 3.05) is 11.9 Å². The second kappa shape index (κ2) is 4.65. The Bertz CT molecular complexity index is 417. The van der Waals surface area contributed by atoms with Crippen molar-refractivity contribution in [1.82, 2.24) is 0 Å². The molecule has 5 nitrogen and oxygen atoms in total. The van der Waals surface area contributed by atoms with Crippen molar-refractivity contribution in [2.24, 2.45) is 5.73 Å². The van der Waals surface area contributed by atoms with Crippen molar-refractivity contribution in [2.45, 2.75) is 13.0 Å². The first-order valence-corrected chi connectivity index (χ1v) is 4.83. The van der Waals surface area contributed by atoms with Gasteiger partial charge in [0.2, 0.25) is 0 Å². The van der Waals surface area contributed by atoms with Gasteiger partial charge < -0.3 is 15.7 Å². The van der Waals surface area contributed by atoms with Crippen LogP contribution >= 0.6 is 0 Å². The number of carboxylic acid groups (broad SMARTS) is 1. The summed E-state index contributed by atoms with van der Waals surface area (Å²) in [6.45, 7) is 1.60. The number of nitrogens with zero attached hydrogens (tertiary/aromatic N) is 1. The van der Waals surface area contributed by atoms with Crippen LogP contribution in [0.1, 0.15) is 12.5 Å². The molecule has 1 aromatic rings. The Kier molecular flexibility index (Phi) is 3.50. The Morgan fingerprint density at radius 2 is 2.19 bits per heavy atom. The molecule has 0 bridgehead atoms. The van der Waals surface area contributed by atoms with Crippen LogP contribution in [0.15, 0.2) is 24.3 Å². The second-order valence-corrected chi connectivity index (χ2v) is 3.59. The highest BCUT2D eigenvalue weighted by atomic mass is 16.4. The minimum Gasteiger partial charge on any atom is -0.480 e. The Morgan fingerprint density at radius 1 is 1.56 bits per heavy atom. The van der Waals surface area contributed by atoms with Crippen molar-refractivity contribution in [3.63, 3.8) is 0 Å². The molecule has 0 aliphatic rings. The number of anilines is 1. The summed E-state index contributed by atoms with van der Waals surface area (Å²) in [6.07, 6.45) is 0. The molecule has 1 atom stereocenters. The van der Waals surface area contributed by atoms with E-state index in [-0.39, 0.29) is 5.84 Å². The van der Waals surface area contributed by atoms with Gasteiger partial charge >= 0.3 is 5.97 Å². The molecule has 0 saturated carbocycles. The lowest BCUT2D eigenvalue weighted by Crippen LogP contribution is -2.35. The van der Waals surface area contributed by atoms with Gasteiger partial charge in [-0.3, -0.25) is 5.41 Å². The number of nitrogens with one attached hydrogen (secondary N) is 1. The summed E-state index contributed by atoms with van der Waals surface area (Å²) < 4.78 is 0. The van der Waals surface area contributed by atoms with Gasteiger partial charge in [0.15, 0.2) is 0 Å². The van der Waals surface area contributed by atoms with Gasteiger partial charge in [-0.05, 0) is 19.1 Å². The third kappa shape index (κ3) is 2.50. The van der Waals surface area contributed by atoms with Crippen LogP contribution in [0, 0.1) is 5.41 Å². The van der Waals surface area contributed by atoms with Crippen molar-refractivity contribution in [3.8, 4) is 0 Å². The summed E-state index contributed by atoms with van der Waals surface area (Å²) >= 11 is 0. The van der Waals surface area contributed by atoms with Crippen LogP contribution in [0.4, 0.5) is 5.69 Å². The fourth-order valence-electron chi connectivity index (χ4n) is 1.28. The van der Waals surface area contributed by atoms with E-state index >= 15 is 0 Å². The molecule has 1 rings (SSSR count). The third-order valence-corrected chi connectivity index (χ3v) is 2.50. The average Bonchev–Trinajstić information content (AvgIpc) is 2.27. The molecule has 5 heteroatoms. The molecule has 0 radical (unpaired) electrons. The number of nitrogens with two attached hydrogens (primary N) is 1. The average molecular weight is 221 g/mol. The van der Waals surface area contributed by atoms with E-state index in [4.69, 9.17) is 16.2 Å². The first-order chi connectivity index (χ1) is 7.43. The Balaban J connectivity index is 3.00. The van der Waals surface area contributed by atoms with Crippen LogP contribution in [-0.2, 0) is 4.79 Å². The highest BCUT2D eigenvalue weighted by Crippen LogP contribution is 2.16. The largest absolute Gasteiger partial charge is 0.480 e. The zero-order valence-corrected chi connectivity index (χ0v) is 9.27. The fourth-order valence-corrected chi connectivity index (χ4v) is 1.28. The number of carboxylic acids is 1. The minimum atomic E-state index is -0.893. The van der Waals surface area contributed by atoms with E-state index in [2.05, 4.69) is 0 Å². The van der Waals surface area contributed by atoms with Crippen molar-refractivity contribution < 1.29 is 9.90 Å². The third-order valence-electron chi connectivity index (χ3n) is 2.50. The lowest BCUT2D eigenvalue weighted by molar-refractivity contribution is -0.138. The molecular weight excluding hydrogens is 206 g/mol. The number of rotatable bonds is 4. The molecule has 4 N–H and O–H groups in total. The maximum absolute atomic E-state index is 10.8. The van der Waals surface area contributed by atoms with Gasteiger partial charge in [-0.15, -0.1) is 0 Å². The molecule has 0 unspecified atom stereocenters. The van der Waals surface area contributed by atoms with E-state index in [0.29, 0.717) is 5.56 Å². The molecule has 0 aliphatic carbocycles. The summed E-state index contributed by atoms with van der Waals surface area (Å²) in [4.78, 5) is 12.4. The molecule has 0 amide bonds. The monoisotopic (exact) mass is 221 g/mol. The van der Waals surface area contributed by atoms with Crippen LogP contribution in [-0.4, -0.2) is 30.0 Å². The standard InChI is InChI=1S/C11H15N3O2/c1-7(11(15)16)14(2)9-5-3-4-8(6-9)10(12)13/h3-7H,1-2H3,(H3,12,13)(H,15,16)/t7-/m0/s1. The Labute approximate surface area is 94.0 Å². The Morgan fingerprint density at radius 3 is 2.69 bits per heavy atom. The van der Waals surface area contributed by atoms with Crippen LogP contribution < -0.4 is 10.6 Å². The molecule has 16 heavy (non-hydrogen) atoms. The van der Waals surface area contributed by atoms with E-state index in [1.807, 2.05) is 0 Å². The van der Waals surface area contributed by atoms with Crippen molar-refractivity contribution >= 4 is 17.5 Å². The molecule has 0 fully saturated rings. The molecule has 0 heterocycles. The maximum atomic E-state index is 10.8. The number of carbonyl (C=O) groups is 1. The van der Waals surface area contributed by atoms with E-state index < -0.39 is 12.0 Å². The zero-order valence-electron chi connectivity index (χ0n) is 9.27. The molecule has 0 aliphatic heterocycles. The second-order valence-electron chi connectivity index (χ2n) is 3.59. The highest BCUT2D eigenvalue weighted by molar-refractivity contribution is 5.96. The van der Waals surface area contributed by atoms with E-state index in [1.165, 1.54) is 0 Å². The smallest absolute Gasteiger partial charge is 0.326 e. The summed E-state index contributed by atoms with van der Waals surface area (Å²) in [6, 6.07) is 6.32. The Hall–Kier alpha value is -2.04. The van der Waals surface area contributed by atoms with Crippen LogP contribution in [0.3, 0.4) is 0 Å². The SMILES string of the molecule is C[C@@H](C(=O)O)N(C)c1cccc(C(=N)N)c1. The quantitative estimate of drug-likeness (QED) is 0.520. The maximum Gasteiger partial charge on any atom is 0.326 e. The predicted molar refractivity (Wildman–Crippen MR) is 63.0 cm³/mol. The van der Waals surface area contributed by atoms with Gasteiger partial charge in [-0.1, -0.05) is 12.1 Å². The van der Waals surface area contributed by atoms with Gasteiger partial charge in [-0.25, -0.2) is 4.79 Å². The van der Waals surface area contributed by atoms with E-state index in [1.54, 1.807) is 43.1 Å². The number of hydrogen-bond acceptors (Lipinski definition) is 3. The summed E-state index contributed by atoms with van der Waals surface area (Å²) in [5.74, 6) is -0.922. The highest BCUT2D eigenvalue weighted by Gasteiger charge is 2.17. The van der Waals surface area contributed by atoms with Gasteiger partial charge in [0.25, 0.3) is 0 Å². The normalized spacial score (nSPS) is 11.9. The van der Waals surface area contributed by atoms with Crippen LogP contribution in [0.2, 0.25) is 0 Å². The fraction of sp³-hybridized carbons (Fsp3) is 0.273. The van der Waals surface area contributed by atoms with Gasteiger partial charge in [-0.2, -0.15) is 0 Å². The number of likely N-dealkylation sites (N-methyl/N-ethyl adjacent to an activating group) is 1. The molecule has 86 valence electrons. The number of nitrogen functional groups attached to an aromatic ring is 1. The molecule has 0 spiro atoms. The number of amidine groups is 1. The molecule has 0 saturated heterocycles. The first kappa shape index (κ1) is 12.0. The van der Waals surface area contributed by atoms with E-state index in [9.17, 15) is 4.79 Å². The zero-order chi connectivity index (χ0) is 12.3. The predicted octanol–water partition coefficient (Wildman–Crippen LogP) is 0.880. The first-order valence-electron chi connectivity index (χ1n) is 4.83. The van der Waals surface area contributed by atoms with Gasteiger partial charge in [0.1, 0.15) is 11.9 Å². The summed E-state index contributed by atoms with van der Waals surface area (Å²) in [5.41, 5.74) is 6.68. The molecular formula is C11H15N3O2. The number of aliphatic carboxylic acids is 1. The minimum absolute atomic E-state index is 0.0294. The molecule has 1 aromatic carbocycles. The van der Waals surface area contributed by atoms with Crippen molar-refractivity contribution in [3.05, 3.63) is 29.8 Å². The summed E-state index contributed by atoms with van der Waals surface area (Å²) in [5, 5.41) is 16.2. The lowest BCUT2D eigenvalue weighted by atomic mass is 10.1. The number of hydrogen-bond donors (Lipinski definition) is 3. The topological polar surface area (TPSA) is 90.4 Å². The summed E-state index contributed by atoms with van der Waals surface area (Å²) in [7, 11) is 1.69. The van der Waals surface area contributed by atoms with Crippen LogP contribution in [0.5, 0.6) is 0 Å². The van der Waals surface area contributed by atoms with E-state index in [0.717, 1.165) is 5.69 Å². The molecule has 0 aromatic heterocycles. The van der Waals surface area contributed by atoms with Crippen molar-refractivity contribution in [1.29, 1.82) is 5.41 Å². The van der Waals surface area contributed by atoms with Crippen LogP contribution in [0.25, 0.3) is 0 Å². The lowest BCUT2D eigenvalue weighted by Gasteiger charge is -2.24.